The van der Waals surface area contributed by atoms with Crippen LogP contribution >= 0.6 is 0 Å². The zero-order chi connectivity index (χ0) is 31.5. The van der Waals surface area contributed by atoms with E-state index in [-0.39, 0.29) is 25.7 Å². The van der Waals surface area contributed by atoms with E-state index in [1.807, 2.05) is 12.1 Å². The van der Waals surface area contributed by atoms with E-state index in [0.717, 1.165) is 16.5 Å². The van der Waals surface area contributed by atoms with Gasteiger partial charge < -0.3 is 42.6 Å². The molecule has 14 heteroatoms. The zero-order valence-corrected chi connectivity index (χ0v) is 23.1. The van der Waals surface area contributed by atoms with E-state index in [9.17, 15) is 39.0 Å². The number of nitrogens with one attached hydrogen (secondary N) is 4. The second kappa shape index (κ2) is 15.1. The fraction of sp³-hybridized carbons (Fsp3) is 0.310. The first-order valence-corrected chi connectivity index (χ1v) is 13.4. The summed E-state index contributed by atoms with van der Waals surface area (Å²) < 4.78 is 0. The molecule has 228 valence electrons. The number of hydrogen-bond donors (Lipinski definition) is 8. The van der Waals surface area contributed by atoms with Gasteiger partial charge in [0.25, 0.3) is 0 Å². The van der Waals surface area contributed by atoms with E-state index in [4.69, 9.17) is 11.5 Å². The molecule has 4 unspecified atom stereocenters. The van der Waals surface area contributed by atoms with E-state index in [1.165, 1.54) is 0 Å². The number of aliphatic carboxylic acids is 2. The molecule has 0 aliphatic rings. The fourth-order valence-electron chi connectivity index (χ4n) is 4.44. The van der Waals surface area contributed by atoms with Crippen molar-refractivity contribution in [2.24, 2.45) is 11.5 Å². The SMILES string of the molecule is NC(=O)CCC(NC(=O)C(CC(=O)O)NC(=O)C(N)Cc1ccccc1)C(=O)NC(Cc1c[nH]c2ccccc12)C(=O)O. The number of carbonyl (C=O) groups is 6. The number of H-pyrrole nitrogens is 1. The Morgan fingerprint density at radius 2 is 1.37 bits per heavy atom. The van der Waals surface area contributed by atoms with Crippen LogP contribution in [0.3, 0.4) is 0 Å². The smallest absolute Gasteiger partial charge is 0.326 e. The number of aromatic nitrogens is 1. The molecule has 43 heavy (non-hydrogen) atoms. The number of hydrogen-bond acceptors (Lipinski definition) is 7. The average Bonchev–Trinajstić information content (AvgIpc) is 3.37. The van der Waals surface area contributed by atoms with Gasteiger partial charge in [-0.05, 0) is 30.0 Å². The first-order valence-electron chi connectivity index (χ1n) is 13.4. The molecule has 0 aliphatic carbocycles. The van der Waals surface area contributed by atoms with Crippen molar-refractivity contribution in [3.63, 3.8) is 0 Å². The highest BCUT2D eigenvalue weighted by atomic mass is 16.4. The molecule has 0 spiro atoms. The van der Waals surface area contributed by atoms with Crippen molar-refractivity contribution in [3.05, 3.63) is 71.9 Å². The molecule has 0 saturated heterocycles. The third-order valence-corrected chi connectivity index (χ3v) is 6.67. The molecule has 3 aromatic rings. The van der Waals surface area contributed by atoms with E-state index in [1.54, 1.807) is 48.7 Å². The van der Waals surface area contributed by atoms with Crippen LogP contribution in [0.25, 0.3) is 10.9 Å². The number of primary amides is 1. The minimum absolute atomic E-state index is 0.0986. The van der Waals surface area contributed by atoms with Crippen LogP contribution in [-0.2, 0) is 41.6 Å². The Morgan fingerprint density at radius 1 is 0.767 bits per heavy atom. The summed E-state index contributed by atoms with van der Waals surface area (Å²) in [7, 11) is 0. The maximum absolute atomic E-state index is 13.2. The number of aromatic amines is 1. The molecule has 4 amide bonds. The highest BCUT2D eigenvalue weighted by molar-refractivity contribution is 5.96. The quantitative estimate of drug-likeness (QED) is 0.107. The number of carbonyl (C=O) groups excluding carboxylic acids is 4. The molecule has 4 atom stereocenters. The van der Waals surface area contributed by atoms with E-state index in [0.29, 0.717) is 5.56 Å². The summed E-state index contributed by atoms with van der Waals surface area (Å²) in [6.45, 7) is 0. The van der Waals surface area contributed by atoms with Crippen molar-refractivity contribution < 1.29 is 39.0 Å². The molecule has 1 aromatic heterocycles. The van der Waals surface area contributed by atoms with Crippen LogP contribution in [-0.4, -0.2) is 74.9 Å². The predicted molar refractivity (Wildman–Crippen MR) is 154 cm³/mol. The van der Waals surface area contributed by atoms with Gasteiger partial charge in [0, 0.05) is 29.9 Å². The van der Waals surface area contributed by atoms with Crippen LogP contribution in [0.4, 0.5) is 0 Å². The summed E-state index contributed by atoms with van der Waals surface area (Å²) in [6.07, 6.45) is 0.145. The standard InChI is InChI=1S/C29H34N6O8/c30-19(12-16-6-2-1-3-7-16)26(39)34-22(14-25(37)38)28(41)33-21(10-11-24(31)36)27(40)35-23(29(42)43)13-17-15-32-20-9-5-4-8-18(17)20/h1-9,15,19,21-23,32H,10-14,30H2,(H2,31,36)(H,33,41)(H,34,39)(H,35,40)(H,37,38)(H,42,43). The number of fused-ring (bicyclic) bond motifs is 1. The van der Waals surface area contributed by atoms with Gasteiger partial charge in [-0.15, -0.1) is 0 Å². The Balaban J connectivity index is 1.73. The van der Waals surface area contributed by atoms with Crippen molar-refractivity contribution in [3.8, 4) is 0 Å². The van der Waals surface area contributed by atoms with Crippen LogP contribution in [0.2, 0.25) is 0 Å². The summed E-state index contributed by atoms with van der Waals surface area (Å²) in [5, 5.41) is 26.9. The lowest BCUT2D eigenvalue weighted by Gasteiger charge is -2.24. The molecule has 0 bridgehead atoms. The molecular formula is C29H34N6O8. The topological polar surface area (TPSA) is 247 Å². The van der Waals surface area contributed by atoms with Gasteiger partial charge in [-0.25, -0.2) is 4.79 Å². The third kappa shape index (κ3) is 9.67. The van der Waals surface area contributed by atoms with E-state index >= 15 is 0 Å². The highest BCUT2D eigenvalue weighted by Crippen LogP contribution is 2.19. The summed E-state index contributed by atoms with van der Waals surface area (Å²) in [4.78, 5) is 77.1. The Bertz CT molecular complexity index is 1470. The van der Waals surface area contributed by atoms with Gasteiger partial charge in [0.2, 0.25) is 23.6 Å². The lowest BCUT2D eigenvalue weighted by molar-refractivity contribution is -0.143. The van der Waals surface area contributed by atoms with E-state index in [2.05, 4.69) is 20.9 Å². The number of carboxylic acid groups (broad SMARTS) is 2. The van der Waals surface area contributed by atoms with Crippen molar-refractivity contribution in [1.82, 2.24) is 20.9 Å². The molecule has 14 nitrogen and oxygen atoms in total. The summed E-state index contributed by atoms with van der Waals surface area (Å²) in [6, 6.07) is 10.4. The molecule has 0 radical (unpaired) electrons. The molecule has 2 aromatic carbocycles. The predicted octanol–water partition coefficient (Wildman–Crippen LogP) is -0.440. The minimum atomic E-state index is -1.63. The molecule has 0 aliphatic heterocycles. The Morgan fingerprint density at radius 3 is 2.02 bits per heavy atom. The van der Waals surface area contributed by atoms with Crippen LogP contribution in [0, 0.1) is 0 Å². The summed E-state index contributed by atoms with van der Waals surface area (Å²) in [5.41, 5.74) is 13.3. The molecule has 1 heterocycles. The summed E-state index contributed by atoms with van der Waals surface area (Å²) in [5.74, 6) is -6.34. The third-order valence-electron chi connectivity index (χ3n) is 6.67. The molecule has 3 rings (SSSR count). The van der Waals surface area contributed by atoms with Crippen molar-refractivity contribution >= 4 is 46.5 Å². The first kappa shape index (κ1) is 32.3. The van der Waals surface area contributed by atoms with E-state index < -0.39 is 66.2 Å². The molecular weight excluding hydrogens is 560 g/mol. The van der Waals surface area contributed by atoms with Crippen molar-refractivity contribution in [2.75, 3.05) is 0 Å². The largest absolute Gasteiger partial charge is 0.481 e. The maximum atomic E-state index is 13.2. The minimum Gasteiger partial charge on any atom is -0.481 e. The Hall–Kier alpha value is -5.24. The van der Waals surface area contributed by atoms with Gasteiger partial charge in [0.05, 0.1) is 12.5 Å². The number of nitrogens with two attached hydrogens (primary N) is 2. The highest BCUT2D eigenvalue weighted by Gasteiger charge is 2.32. The molecule has 0 fully saturated rings. The van der Waals surface area contributed by atoms with Gasteiger partial charge >= 0.3 is 11.9 Å². The van der Waals surface area contributed by atoms with Crippen molar-refractivity contribution in [2.45, 2.75) is 56.3 Å². The Labute approximate surface area is 246 Å². The first-order chi connectivity index (χ1) is 20.4. The second-order valence-electron chi connectivity index (χ2n) is 9.98. The Kier molecular flexibility index (Phi) is 11.3. The van der Waals surface area contributed by atoms with Crippen LogP contribution in [0.1, 0.15) is 30.4 Å². The maximum Gasteiger partial charge on any atom is 0.326 e. The van der Waals surface area contributed by atoms with Crippen LogP contribution < -0.4 is 27.4 Å². The van der Waals surface area contributed by atoms with Gasteiger partial charge in [0.1, 0.15) is 18.1 Å². The lowest BCUT2D eigenvalue weighted by Crippen LogP contribution is -2.58. The molecule has 10 N–H and O–H groups in total. The normalized spacial score (nSPS) is 13.7. The number of carboxylic acids is 2. The zero-order valence-electron chi connectivity index (χ0n) is 23.1. The monoisotopic (exact) mass is 594 g/mol. The summed E-state index contributed by atoms with van der Waals surface area (Å²) >= 11 is 0. The van der Waals surface area contributed by atoms with Gasteiger partial charge in [0.15, 0.2) is 0 Å². The van der Waals surface area contributed by atoms with Crippen LogP contribution in [0.15, 0.2) is 60.8 Å². The van der Waals surface area contributed by atoms with Crippen LogP contribution in [0.5, 0.6) is 0 Å². The van der Waals surface area contributed by atoms with Crippen molar-refractivity contribution in [1.29, 1.82) is 0 Å². The fourth-order valence-corrected chi connectivity index (χ4v) is 4.44. The number of para-hydroxylation sites is 1. The van der Waals surface area contributed by atoms with Gasteiger partial charge in [-0.2, -0.15) is 0 Å². The average molecular weight is 595 g/mol. The van der Waals surface area contributed by atoms with Gasteiger partial charge in [-0.3, -0.25) is 24.0 Å². The lowest BCUT2D eigenvalue weighted by atomic mass is 10.0. The molecule has 0 saturated carbocycles. The number of rotatable bonds is 16. The number of amides is 4. The second-order valence-corrected chi connectivity index (χ2v) is 9.98. The number of benzene rings is 2. The van der Waals surface area contributed by atoms with Gasteiger partial charge in [-0.1, -0.05) is 48.5 Å².